The number of hydrogen-bond donors (Lipinski definition) is 0. The molecule has 2 nitrogen and oxygen atoms in total. The first-order valence-corrected chi connectivity index (χ1v) is 4.83. The number of aromatic nitrogens is 1. The zero-order valence-corrected chi connectivity index (χ0v) is 8.51. The van der Waals surface area contributed by atoms with Crippen LogP contribution in [0.1, 0.15) is 23.4 Å². The molecule has 76 valence electrons. The summed E-state index contributed by atoms with van der Waals surface area (Å²) in [5, 5.41) is 0. The molecule has 1 fully saturated rings. The van der Waals surface area contributed by atoms with Gasteiger partial charge in [-0.05, 0) is 31.5 Å². The summed E-state index contributed by atoms with van der Waals surface area (Å²) < 4.78 is 19.3. The highest BCUT2D eigenvalue weighted by molar-refractivity contribution is 5.24. The Hall–Kier alpha value is -0.960. The van der Waals surface area contributed by atoms with Gasteiger partial charge in [-0.3, -0.25) is 4.98 Å². The summed E-state index contributed by atoms with van der Waals surface area (Å²) in [4.78, 5) is 4.23. The second-order valence-electron chi connectivity index (χ2n) is 3.94. The van der Waals surface area contributed by atoms with Crippen molar-refractivity contribution in [3.63, 3.8) is 0 Å². The van der Waals surface area contributed by atoms with Crippen molar-refractivity contribution in [1.29, 1.82) is 0 Å². The van der Waals surface area contributed by atoms with E-state index in [1.807, 2.05) is 26.0 Å². The lowest BCUT2D eigenvalue weighted by atomic mass is 9.99. The molecule has 0 N–H and O–H groups in total. The number of aryl methyl sites for hydroxylation is 2. The van der Waals surface area contributed by atoms with Gasteiger partial charge in [-0.1, -0.05) is 0 Å². The van der Waals surface area contributed by atoms with E-state index in [1.54, 1.807) is 0 Å². The summed E-state index contributed by atoms with van der Waals surface area (Å²) in [5.41, 5.74) is 1.07. The number of ether oxygens (including phenoxy) is 1. The molecule has 0 aromatic carbocycles. The van der Waals surface area contributed by atoms with Crippen molar-refractivity contribution in [1.82, 2.24) is 4.98 Å². The van der Waals surface area contributed by atoms with Crippen LogP contribution in [0.2, 0.25) is 0 Å². The standard InChI is InChI=1S/C11H14FNO/c1-8-5-9(2)13-10(6-8)11(12)3-4-14-7-11/h5-6H,3-4,7H2,1-2H3. The topological polar surface area (TPSA) is 22.1 Å². The van der Waals surface area contributed by atoms with E-state index >= 15 is 0 Å². The van der Waals surface area contributed by atoms with Crippen molar-refractivity contribution < 1.29 is 9.13 Å². The third kappa shape index (κ3) is 1.64. The first-order chi connectivity index (χ1) is 6.60. The lowest BCUT2D eigenvalue weighted by molar-refractivity contribution is 0.108. The molecule has 0 bridgehead atoms. The van der Waals surface area contributed by atoms with Crippen molar-refractivity contribution >= 4 is 0 Å². The van der Waals surface area contributed by atoms with Gasteiger partial charge in [0.25, 0.3) is 0 Å². The summed E-state index contributed by atoms with van der Waals surface area (Å²) in [6, 6.07) is 3.75. The molecule has 1 aliphatic rings. The summed E-state index contributed by atoms with van der Waals surface area (Å²) in [6.07, 6.45) is 0.420. The molecule has 1 aromatic heterocycles. The minimum Gasteiger partial charge on any atom is -0.378 e. The highest BCUT2D eigenvalue weighted by Crippen LogP contribution is 2.33. The van der Waals surface area contributed by atoms with Gasteiger partial charge < -0.3 is 4.74 Å². The normalized spacial score (nSPS) is 26.8. The molecule has 2 heterocycles. The van der Waals surface area contributed by atoms with E-state index in [1.165, 1.54) is 0 Å². The van der Waals surface area contributed by atoms with Crippen molar-refractivity contribution in [2.24, 2.45) is 0 Å². The molecule has 3 heteroatoms. The second kappa shape index (κ2) is 3.31. The fourth-order valence-electron chi connectivity index (χ4n) is 1.81. The first kappa shape index (κ1) is 9.59. The molecule has 0 saturated carbocycles. The van der Waals surface area contributed by atoms with E-state index < -0.39 is 5.67 Å². The van der Waals surface area contributed by atoms with Crippen molar-refractivity contribution in [2.75, 3.05) is 13.2 Å². The molecule has 1 unspecified atom stereocenters. The zero-order valence-electron chi connectivity index (χ0n) is 8.51. The molecular formula is C11H14FNO. The van der Waals surface area contributed by atoms with Crippen LogP contribution in [0, 0.1) is 13.8 Å². The van der Waals surface area contributed by atoms with Gasteiger partial charge in [-0.25, -0.2) is 4.39 Å². The van der Waals surface area contributed by atoms with Crippen molar-refractivity contribution in [3.8, 4) is 0 Å². The van der Waals surface area contributed by atoms with E-state index in [9.17, 15) is 4.39 Å². The molecule has 1 atom stereocenters. The Morgan fingerprint density at radius 2 is 2.21 bits per heavy atom. The molecule has 1 saturated heterocycles. The van der Waals surface area contributed by atoms with Gasteiger partial charge in [0, 0.05) is 12.1 Å². The van der Waals surface area contributed by atoms with Crippen LogP contribution in [-0.4, -0.2) is 18.2 Å². The number of halogens is 1. The number of hydrogen-bond acceptors (Lipinski definition) is 2. The number of nitrogens with zero attached hydrogens (tertiary/aromatic N) is 1. The Morgan fingerprint density at radius 3 is 2.79 bits per heavy atom. The smallest absolute Gasteiger partial charge is 0.177 e. The molecule has 0 radical (unpaired) electrons. The zero-order chi connectivity index (χ0) is 10.2. The maximum Gasteiger partial charge on any atom is 0.177 e. The summed E-state index contributed by atoms with van der Waals surface area (Å²) >= 11 is 0. The third-order valence-corrected chi connectivity index (χ3v) is 2.53. The van der Waals surface area contributed by atoms with Crippen molar-refractivity contribution in [3.05, 3.63) is 29.1 Å². The Balaban J connectivity index is 2.40. The molecule has 1 aliphatic heterocycles. The number of pyridine rings is 1. The summed E-state index contributed by atoms with van der Waals surface area (Å²) in [6.45, 7) is 4.47. The molecule has 2 rings (SSSR count). The van der Waals surface area contributed by atoms with Gasteiger partial charge >= 0.3 is 0 Å². The van der Waals surface area contributed by atoms with E-state index in [4.69, 9.17) is 4.74 Å². The average molecular weight is 195 g/mol. The minimum atomic E-state index is -1.36. The minimum absolute atomic E-state index is 0.142. The molecule has 14 heavy (non-hydrogen) atoms. The van der Waals surface area contributed by atoms with Crippen molar-refractivity contribution in [2.45, 2.75) is 25.9 Å². The SMILES string of the molecule is Cc1cc(C)nc(C2(F)CCOC2)c1. The van der Waals surface area contributed by atoms with Gasteiger partial charge in [0.2, 0.25) is 0 Å². The van der Waals surface area contributed by atoms with Gasteiger partial charge in [0.15, 0.2) is 5.67 Å². The summed E-state index contributed by atoms with van der Waals surface area (Å²) in [7, 11) is 0. The van der Waals surface area contributed by atoms with Gasteiger partial charge in [0.05, 0.1) is 18.9 Å². The molecule has 1 aromatic rings. The summed E-state index contributed by atoms with van der Waals surface area (Å²) in [5.74, 6) is 0. The Bertz CT molecular complexity index is 325. The fraction of sp³-hybridized carbons (Fsp3) is 0.545. The maximum absolute atomic E-state index is 14.2. The van der Waals surface area contributed by atoms with Crippen LogP contribution in [0.25, 0.3) is 0 Å². The first-order valence-electron chi connectivity index (χ1n) is 4.83. The maximum atomic E-state index is 14.2. The molecule has 0 spiro atoms. The van der Waals surface area contributed by atoms with Gasteiger partial charge in [-0.2, -0.15) is 0 Å². The molecular weight excluding hydrogens is 181 g/mol. The van der Waals surface area contributed by atoms with Crippen LogP contribution >= 0.6 is 0 Å². The second-order valence-corrected chi connectivity index (χ2v) is 3.94. The largest absolute Gasteiger partial charge is 0.378 e. The molecule has 0 aliphatic carbocycles. The van der Waals surface area contributed by atoms with Crippen LogP contribution < -0.4 is 0 Å². The van der Waals surface area contributed by atoms with Crippen LogP contribution in [0.5, 0.6) is 0 Å². The Kier molecular flexibility index (Phi) is 2.27. The van der Waals surface area contributed by atoms with E-state index in [0.717, 1.165) is 11.3 Å². The van der Waals surface area contributed by atoms with Gasteiger partial charge in [-0.15, -0.1) is 0 Å². The number of alkyl halides is 1. The predicted molar refractivity (Wildman–Crippen MR) is 51.9 cm³/mol. The lowest BCUT2D eigenvalue weighted by Crippen LogP contribution is -2.22. The van der Waals surface area contributed by atoms with Crippen LogP contribution in [-0.2, 0) is 10.4 Å². The predicted octanol–water partition coefficient (Wildman–Crippen LogP) is 2.28. The van der Waals surface area contributed by atoms with E-state index in [-0.39, 0.29) is 6.61 Å². The Labute approximate surface area is 83.1 Å². The monoisotopic (exact) mass is 195 g/mol. The fourth-order valence-corrected chi connectivity index (χ4v) is 1.81. The van der Waals surface area contributed by atoms with E-state index in [0.29, 0.717) is 18.7 Å². The van der Waals surface area contributed by atoms with E-state index in [2.05, 4.69) is 4.98 Å². The highest BCUT2D eigenvalue weighted by atomic mass is 19.1. The Morgan fingerprint density at radius 1 is 1.43 bits per heavy atom. The highest BCUT2D eigenvalue weighted by Gasteiger charge is 2.38. The third-order valence-electron chi connectivity index (χ3n) is 2.53. The van der Waals surface area contributed by atoms with Crippen LogP contribution in [0.15, 0.2) is 12.1 Å². The molecule has 0 amide bonds. The average Bonchev–Trinajstić information content (AvgIpc) is 2.52. The van der Waals surface area contributed by atoms with Gasteiger partial charge in [0.1, 0.15) is 0 Å². The quantitative estimate of drug-likeness (QED) is 0.686. The van der Waals surface area contributed by atoms with Crippen LogP contribution in [0.3, 0.4) is 0 Å². The van der Waals surface area contributed by atoms with Crippen LogP contribution in [0.4, 0.5) is 4.39 Å². The lowest BCUT2D eigenvalue weighted by Gasteiger charge is -2.17. The number of rotatable bonds is 1.